The Morgan fingerprint density at radius 1 is 0.893 bits per heavy atom. The zero-order valence-electron chi connectivity index (χ0n) is 14.9. The van der Waals surface area contributed by atoms with Gasteiger partial charge in [-0.3, -0.25) is 0 Å². The molecular formula is C21H16Br2N2O2S. The number of anilines is 1. The van der Waals surface area contributed by atoms with Gasteiger partial charge in [0.05, 0.1) is 17.1 Å². The molecule has 1 aliphatic heterocycles. The highest BCUT2D eigenvalue weighted by molar-refractivity contribution is 9.10. The molecule has 0 saturated heterocycles. The molecule has 1 heterocycles. The monoisotopic (exact) mass is 518 g/mol. The highest BCUT2D eigenvalue weighted by Crippen LogP contribution is 2.33. The third-order valence-electron chi connectivity index (χ3n) is 4.53. The van der Waals surface area contributed by atoms with Crippen molar-refractivity contribution in [2.75, 3.05) is 11.2 Å². The molecule has 0 unspecified atom stereocenters. The van der Waals surface area contributed by atoms with Crippen LogP contribution in [0.5, 0.6) is 0 Å². The van der Waals surface area contributed by atoms with Gasteiger partial charge >= 0.3 is 0 Å². The number of nitrogens with zero attached hydrogens (tertiary/aromatic N) is 2. The van der Waals surface area contributed by atoms with Crippen LogP contribution in [0, 0.1) is 0 Å². The summed E-state index contributed by atoms with van der Waals surface area (Å²) < 4.78 is 25.9. The Balaban J connectivity index is 1.85. The molecule has 0 radical (unpaired) electrons. The van der Waals surface area contributed by atoms with Crippen molar-refractivity contribution in [2.45, 2.75) is 11.4 Å². The molecule has 0 bridgehead atoms. The molecule has 0 aromatic heterocycles. The number of amidine groups is 1. The number of halogens is 2. The first-order chi connectivity index (χ1) is 13.3. The maximum Gasteiger partial charge on any atom is 0.175 e. The molecule has 3 aromatic carbocycles. The lowest BCUT2D eigenvalue weighted by molar-refractivity contribution is 0.602. The van der Waals surface area contributed by atoms with E-state index < -0.39 is 9.84 Å². The zero-order chi connectivity index (χ0) is 19.9. The van der Waals surface area contributed by atoms with Gasteiger partial charge in [0, 0.05) is 26.5 Å². The minimum Gasteiger partial charge on any atom is -0.321 e. The van der Waals surface area contributed by atoms with E-state index in [4.69, 9.17) is 4.99 Å². The Kier molecular flexibility index (Phi) is 5.16. The minimum absolute atomic E-state index is 0.326. The Morgan fingerprint density at radius 3 is 2.11 bits per heavy atom. The third-order valence-corrected chi connectivity index (χ3v) is 6.70. The van der Waals surface area contributed by atoms with E-state index in [0.717, 1.165) is 37.3 Å². The van der Waals surface area contributed by atoms with Crippen molar-refractivity contribution in [3.8, 4) is 0 Å². The quantitative estimate of drug-likeness (QED) is 0.445. The normalized spacial score (nSPS) is 15.1. The zero-order valence-corrected chi connectivity index (χ0v) is 18.9. The average molecular weight is 520 g/mol. The van der Waals surface area contributed by atoms with Crippen molar-refractivity contribution in [1.82, 2.24) is 0 Å². The first kappa shape index (κ1) is 19.4. The van der Waals surface area contributed by atoms with Crippen LogP contribution in [0.2, 0.25) is 0 Å². The summed E-state index contributed by atoms with van der Waals surface area (Å²) in [6, 6.07) is 21.0. The SMILES string of the molecule is CS(=O)(=O)c1ccc2c(c1)CN(c1ccc(Br)cc1)/C2=N\c1ccc(Br)cc1. The van der Waals surface area contributed by atoms with E-state index in [2.05, 4.69) is 36.8 Å². The summed E-state index contributed by atoms with van der Waals surface area (Å²) in [5, 5.41) is 0. The molecule has 7 heteroatoms. The fourth-order valence-corrected chi connectivity index (χ4v) is 4.33. The molecule has 0 amide bonds. The summed E-state index contributed by atoms with van der Waals surface area (Å²) in [4.78, 5) is 7.30. The number of rotatable bonds is 3. The van der Waals surface area contributed by atoms with Gasteiger partial charge in [0.25, 0.3) is 0 Å². The van der Waals surface area contributed by atoms with Gasteiger partial charge in [-0.15, -0.1) is 0 Å². The molecule has 0 atom stereocenters. The topological polar surface area (TPSA) is 49.7 Å². The molecule has 0 aliphatic carbocycles. The highest BCUT2D eigenvalue weighted by Gasteiger charge is 2.28. The fourth-order valence-electron chi connectivity index (χ4n) is 3.13. The largest absolute Gasteiger partial charge is 0.321 e. The Labute approximate surface area is 181 Å². The molecule has 0 saturated carbocycles. The van der Waals surface area contributed by atoms with Gasteiger partial charge < -0.3 is 4.90 Å². The van der Waals surface area contributed by atoms with E-state index in [9.17, 15) is 8.42 Å². The van der Waals surface area contributed by atoms with Crippen LogP contribution in [0.3, 0.4) is 0 Å². The predicted molar refractivity (Wildman–Crippen MR) is 120 cm³/mol. The second-order valence-electron chi connectivity index (χ2n) is 6.57. The number of benzene rings is 3. The van der Waals surface area contributed by atoms with Gasteiger partial charge in [0.2, 0.25) is 0 Å². The summed E-state index contributed by atoms with van der Waals surface area (Å²) in [7, 11) is -3.26. The number of sulfone groups is 1. The summed E-state index contributed by atoms with van der Waals surface area (Å²) >= 11 is 6.92. The number of hydrogen-bond donors (Lipinski definition) is 0. The van der Waals surface area contributed by atoms with Crippen LogP contribution in [0.15, 0.2) is 85.6 Å². The maximum absolute atomic E-state index is 12.0. The van der Waals surface area contributed by atoms with E-state index in [0.29, 0.717) is 11.4 Å². The van der Waals surface area contributed by atoms with E-state index >= 15 is 0 Å². The average Bonchev–Trinajstić information content (AvgIpc) is 3.01. The maximum atomic E-state index is 12.0. The first-order valence-electron chi connectivity index (χ1n) is 8.52. The van der Waals surface area contributed by atoms with Crippen LogP contribution < -0.4 is 4.90 Å². The van der Waals surface area contributed by atoms with Crippen LogP contribution in [0.4, 0.5) is 11.4 Å². The summed E-state index contributed by atoms with van der Waals surface area (Å²) in [5.74, 6) is 0.805. The van der Waals surface area contributed by atoms with Gasteiger partial charge in [0.15, 0.2) is 9.84 Å². The van der Waals surface area contributed by atoms with Crippen molar-refractivity contribution >= 4 is 58.9 Å². The second-order valence-corrected chi connectivity index (χ2v) is 10.4. The van der Waals surface area contributed by atoms with Crippen LogP contribution in [0.1, 0.15) is 11.1 Å². The molecular weight excluding hydrogens is 504 g/mol. The standard InChI is InChI=1S/C21H16Br2N2O2S/c1-28(26,27)19-10-11-20-14(12-19)13-25(18-8-4-16(23)5-9-18)21(20)24-17-6-2-15(22)3-7-17/h2-12H,13H2,1H3/b24-21-. The Hall–Kier alpha value is -1.96. The number of fused-ring (bicyclic) bond motifs is 1. The van der Waals surface area contributed by atoms with E-state index in [1.807, 2.05) is 54.6 Å². The van der Waals surface area contributed by atoms with Crippen molar-refractivity contribution in [1.29, 1.82) is 0 Å². The fraction of sp³-hybridized carbons (Fsp3) is 0.0952. The highest BCUT2D eigenvalue weighted by atomic mass is 79.9. The molecule has 3 aromatic rings. The molecule has 142 valence electrons. The van der Waals surface area contributed by atoms with Crippen LogP contribution in [-0.2, 0) is 16.4 Å². The third kappa shape index (κ3) is 3.92. The molecule has 4 rings (SSSR count). The molecule has 0 fully saturated rings. The van der Waals surface area contributed by atoms with Gasteiger partial charge in [-0.1, -0.05) is 31.9 Å². The van der Waals surface area contributed by atoms with Crippen LogP contribution in [0.25, 0.3) is 0 Å². The Bertz CT molecular complexity index is 1170. The van der Waals surface area contributed by atoms with Gasteiger partial charge in [-0.25, -0.2) is 13.4 Å². The molecule has 28 heavy (non-hydrogen) atoms. The van der Waals surface area contributed by atoms with Crippen molar-refractivity contribution < 1.29 is 8.42 Å². The second kappa shape index (κ2) is 7.46. The lowest BCUT2D eigenvalue weighted by Crippen LogP contribution is -2.23. The van der Waals surface area contributed by atoms with Crippen molar-refractivity contribution in [3.05, 3.63) is 86.8 Å². The summed E-state index contributed by atoms with van der Waals surface area (Å²) in [5.41, 5.74) is 3.72. The smallest absolute Gasteiger partial charge is 0.175 e. The number of aliphatic imine (C=N–C) groups is 1. The molecule has 1 aliphatic rings. The summed E-state index contributed by atoms with van der Waals surface area (Å²) in [6.45, 7) is 0.565. The van der Waals surface area contributed by atoms with E-state index in [-0.39, 0.29) is 0 Å². The van der Waals surface area contributed by atoms with E-state index in [1.54, 1.807) is 12.1 Å². The van der Waals surface area contributed by atoms with Gasteiger partial charge in [-0.2, -0.15) is 0 Å². The lowest BCUT2D eigenvalue weighted by Gasteiger charge is -2.19. The van der Waals surface area contributed by atoms with Crippen LogP contribution in [-0.4, -0.2) is 20.5 Å². The molecule has 4 nitrogen and oxygen atoms in total. The van der Waals surface area contributed by atoms with Crippen molar-refractivity contribution in [2.24, 2.45) is 4.99 Å². The first-order valence-corrected chi connectivity index (χ1v) is 12.0. The van der Waals surface area contributed by atoms with Crippen molar-refractivity contribution in [3.63, 3.8) is 0 Å². The predicted octanol–water partition coefficient (Wildman–Crippen LogP) is 5.71. The lowest BCUT2D eigenvalue weighted by atomic mass is 10.1. The number of hydrogen-bond acceptors (Lipinski definition) is 3. The van der Waals surface area contributed by atoms with Gasteiger partial charge in [-0.05, 0) is 72.3 Å². The molecule has 0 spiro atoms. The molecule has 0 N–H and O–H groups in total. The minimum atomic E-state index is -3.26. The van der Waals surface area contributed by atoms with Gasteiger partial charge in [0.1, 0.15) is 5.84 Å². The Morgan fingerprint density at radius 2 is 1.50 bits per heavy atom. The summed E-state index contributed by atoms with van der Waals surface area (Å²) in [6.07, 6.45) is 1.23. The van der Waals surface area contributed by atoms with Crippen LogP contribution >= 0.6 is 31.9 Å². The van der Waals surface area contributed by atoms with E-state index in [1.165, 1.54) is 6.26 Å².